The first-order chi connectivity index (χ1) is 25.6. The molecule has 0 unspecified atom stereocenters. The Morgan fingerprint density at radius 2 is 1.59 bits per heavy atom. The number of hydrogen-bond donors (Lipinski definition) is 1. The molecule has 2 aromatic carbocycles. The Morgan fingerprint density at radius 1 is 0.907 bits per heavy atom. The molecule has 0 atom stereocenters. The van der Waals surface area contributed by atoms with Crippen molar-refractivity contribution in [2.45, 2.75) is 123 Å². The van der Waals surface area contributed by atoms with Crippen molar-refractivity contribution in [1.82, 2.24) is 5.32 Å². The maximum Gasteiger partial charge on any atom is 0.513 e. The molecule has 54 heavy (non-hydrogen) atoms. The van der Waals surface area contributed by atoms with Crippen LogP contribution in [0.3, 0.4) is 0 Å². The third kappa shape index (κ3) is 8.56. The molecule has 2 aliphatic heterocycles. The van der Waals surface area contributed by atoms with Crippen LogP contribution in [0.15, 0.2) is 72.5 Å². The van der Waals surface area contributed by atoms with E-state index in [0.29, 0.717) is 39.3 Å². The Bertz CT molecular complexity index is 1840. The summed E-state index contributed by atoms with van der Waals surface area (Å²) in [7, 11) is 1.75. The van der Waals surface area contributed by atoms with Crippen molar-refractivity contribution in [3.63, 3.8) is 0 Å². The summed E-state index contributed by atoms with van der Waals surface area (Å²) < 4.78 is 28.7. The zero-order valence-corrected chi connectivity index (χ0v) is 34.4. The number of ether oxygens (including phenoxy) is 5. The normalized spacial score (nSPS) is 22.1. The van der Waals surface area contributed by atoms with Crippen molar-refractivity contribution < 1.29 is 33.3 Å². The molecule has 4 aliphatic rings. The fraction of sp³-hybridized carbons (Fsp3) is 0.500. The van der Waals surface area contributed by atoms with E-state index in [2.05, 4.69) is 50.5 Å². The van der Waals surface area contributed by atoms with E-state index < -0.39 is 22.7 Å². The molecule has 0 aromatic heterocycles. The molecule has 2 saturated carbocycles. The highest BCUT2D eigenvalue weighted by atomic mass is 35.5. The third-order valence-electron chi connectivity index (χ3n) is 11.3. The fourth-order valence-electron chi connectivity index (χ4n) is 7.75. The first-order valence-electron chi connectivity index (χ1n) is 19.1. The topological polar surface area (TPSA) is 92.3 Å². The van der Waals surface area contributed by atoms with Crippen molar-refractivity contribution in [1.29, 1.82) is 0 Å². The van der Waals surface area contributed by atoms with Crippen molar-refractivity contribution in [2.24, 2.45) is 5.41 Å². The summed E-state index contributed by atoms with van der Waals surface area (Å²) >= 11 is 12.5. The molecule has 2 spiro atoms. The number of carbonyl (C=O) groups is 2. The van der Waals surface area contributed by atoms with Crippen molar-refractivity contribution in [3.05, 3.63) is 105 Å². The number of esters is 1. The van der Waals surface area contributed by atoms with E-state index in [1.165, 1.54) is 0 Å². The Balaban J connectivity index is 0.000000208. The summed E-state index contributed by atoms with van der Waals surface area (Å²) in [5.41, 5.74) is 4.72. The number of carbonyl (C=O) groups excluding carboxylic acids is 2. The van der Waals surface area contributed by atoms with Crippen LogP contribution in [0.5, 0.6) is 0 Å². The zero-order chi connectivity index (χ0) is 39.4. The zero-order valence-electron chi connectivity index (χ0n) is 32.8. The van der Waals surface area contributed by atoms with E-state index in [-0.39, 0.29) is 18.7 Å². The average Bonchev–Trinajstić information content (AvgIpc) is 3.54. The van der Waals surface area contributed by atoms with Gasteiger partial charge in [0.15, 0.2) is 11.4 Å². The summed E-state index contributed by atoms with van der Waals surface area (Å²) in [4.78, 5) is 25.1. The number of hydrogen-bond acceptors (Lipinski definition) is 8. The highest BCUT2D eigenvalue weighted by molar-refractivity contribution is 6.36. The number of aryl methyl sites for hydroxylation is 2. The first-order valence-corrected chi connectivity index (χ1v) is 19.8. The van der Waals surface area contributed by atoms with Gasteiger partial charge in [-0.1, -0.05) is 79.5 Å². The van der Waals surface area contributed by atoms with Gasteiger partial charge in [-0.3, -0.25) is 4.79 Å². The number of methoxy groups -OCH3 is 1. The van der Waals surface area contributed by atoms with Gasteiger partial charge >= 0.3 is 12.1 Å². The van der Waals surface area contributed by atoms with Gasteiger partial charge in [-0.25, -0.2) is 4.79 Å². The Hall–Kier alpha value is -3.72. The second-order valence-electron chi connectivity index (χ2n) is 15.5. The van der Waals surface area contributed by atoms with Crippen molar-refractivity contribution in [2.75, 3.05) is 13.7 Å². The van der Waals surface area contributed by atoms with E-state index in [4.69, 9.17) is 46.9 Å². The van der Waals surface area contributed by atoms with E-state index in [9.17, 15) is 9.59 Å². The molecule has 0 bridgehead atoms. The number of benzene rings is 2. The van der Waals surface area contributed by atoms with Crippen LogP contribution in [0.2, 0.25) is 10.0 Å². The lowest BCUT2D eigenvalue weighted by atomic mass is 9.79. The van der Waals surface area contributed by atoms with Crippen molar-refractivity contribution >= 4 is 46.5 Å². The smallest absolute Gasteiger partial charge is 0.479 e. The number of rotatable bonds is 8. The lowest BCUT2D eigenvalue weighted by Crippen LogP contribution is -2.47. The lowest BCUT2D eigenvalue weighted by molar-refractivity contribution is -0.153. The van der Waals surface area contributed by atoms with Gasteiger partial charge < -0.3 is 29.0 Å². The van der Waals surface area contributed by atoms with Gasteiger partial charge in [0.1, 0.15) is 11.5 Å². The molecular weight excluding hydrogens is 725 g/mol. The van der Waals surface area contributed by atoms with E-state index >= 15 is 0 Å². The molecule has 8 nitrogen and oxygen atoms in total. The van der Waals surface area contributed by atoms with Gasteiger partial charge in [0.05, 0.1) is 34.3 Å². The van der Waals surface area contributed by atoms with Crippen LogP contribution in [0, 0.1) is 19.3 Å². The van der Waals surface area contributed by atoms with Gasteiger partial charge in [-0.2, -0.15) is 0 Å². The number of allylic oxidation sites excluding steroid dienone is 2. The maximum atomic E-state index is 12.9. The van der Waals surface area contributed by atoms with Gasteiger partial charge in [-0.05, 0) is 116 Å². The van der Waals surface area contributed by atoms with Crippen LogP contribution in [0.4, 0.5) is 4.79 Å². The van der Waals surface area contributed by atoms with Gasteiger partial charge in [0.2, 0.25) is 0 Å². The minimum absolute atomic E-state index is 0.235. The number of halogens is 2. The molecule has 1 N–H and O–H groups in total. The van der Waals surface area contributed by atoms with E-state index in [1.807, 2.05) is 26.8 Å². The van der Waals surface area contributed by atoms with Crippen LogP contribution in [-0.4, -0.2) is 43.1 Å². The Kier molecular flexibility index (Phi) is 13.0. The molecule has 0 amide bonds. The summed E-state index contributed by atoms with van der Waals surface area (Å²) in [5, 5.41) is 4.58. The highest BCUT2D eigenvalue weighted by Gasteiger charge is 2.50. The predicted molar refractivity (Wildman–Crippen MR) is 215 cm³/mol. The monoisotopic (exact) mass is 779 g/mol. The molecule has 6 rings (SSSR count). The SMILES string of the molecule is C=C1NC2(CCC(OC)CC2)C(OC(=O)OCC)=C1c1cc(C)ccc1C.C=C1OC2(CCCCC2)C(OC(=O)C(C)(C)CC)=C1c1ccc(Cl)cc1Cl. The second-order valence-corrected chi connectivity index (χ2v) is 16.3. The standard InChI is InChI=1S/C22H26Cl2O3.C22H29NO4/c1-5-21(3,4)20(25)26-19-18(16-10-9-15(23)13-17(16)24)14(2)27-22(19)11-7-6-8-12-22;1-6-26-21(24)27-20-19(18-13-14(2)7-8-15(18)3)16(4)23-22(20)11-9-17(25-5)10-12-22/h9-10,13H,2,5-8,11-12H2,1,3-4H3;7-8,13,17,23H,4,6,9-12H2,1-3,5H3. The van der Waals surface area contributed by atoms with Gasteiger partial charge in [0.25, 0.3) is 0 Å². The van der Waals surface area contributed by atoms with Crippen LogP contribution in [-0.2, 0) is 28.5 Å². The Morgan fingerprint density at radius 3 is 2.20 bits per heavy atom. The molecule has 2 heterocycles. The molecule has 2 fully saturated rings. The highest BCUT2D eigenvalue weighted by Crippen LogP contribution is 2.52. The molecule has 0 radical (unpaired) electrons. The van der Waals surface area contributed by atoms with Crippen LogP contribution in [0.25, 0.3) is 11.1 Å². The predicted octanol–water partition coefficient (Wildman–Crippen LogP) is 11.6. The quantitative estimate of drug-likeness (QED) is 0.265. The molecule has 2 aromatic rings. The number of nitrogens with one attached hydrogen (secondary N) is 1. The maximum absolute atomic E-state index is 12.9. The van der Waals surface area contributed by atoms with Crippen LogP contribution < -0.4 is 5.32 Å². The fourth-order valence-corrected chi connectivity index (χ4v) is 8.25. The molecular formula is C44H55Cl2NO7. The molecule has 10 heteroatoms. The summed E-state index contributed by atoms with van der Waals surface area (Å²) in [6.07, 6.45) is 8.47. The van der Waals surface area contributed by atoms with E-state index in [1.54, 1.807) is 26.2 Å². The first kappa shape index (κ1) is 41.4. The van der Waals surface area contributed by atoms with Gasteiger partial charge in [-0.15, -0.1) is 0 Å². The summed E-state index contributed by atoms with van der Waals surface area (Å²) in [5.74, 6) is 1.43. The van der Waals surface area contributed by atoms with Gasteiger partial charge in [0, 0.05) is 29.0 Å². The minimum atomic E-state index is -0.667. The average molecular weight is 781 g/mol. The summed E-state index contributed by atoms with van der Waals surface area (Å²) in [6.45, 7) is 20.3. The molecule has 0 saturated heterocycles. The van der Waals surface area contributed by atoms with Crippen LogP contribution >= 0.6 is 23.2 Å². The van der Waals surface area contributed by atoms with Crippen molar-refractivity contribution in [3.8, 4) is 0 Å². The molecule has 292 valence electrons. The molecule has 2 aliphatic carbocycles. The van der Waals surface area contributed by atoms with Crippen LogP contribution in [0.1, 0.15) is 114 Å². The minimum Gasteiger partial charge on any atom is -0.479 e. The second kappa shape index (κ2) is 17.0. The third-order valence-corrected chi connectivity index (χ3v) is 11.9. The largest absolute Gasteiger partial charge is 0.513 e. The summed E-state index contributed by atoms with van der Waals surface area (Å²) in [6, 6.07) is 11.6. The Labute approximate surface area is 330 Å². The van der Waals surface area contributed by atoms with E-state index in [0.717, 1.165) is 91.3 Å². The lowest BCUT2D eigenvalue weighted by Gasteiger charge is -2.38.